The molecule has 0 N–H and O–H groups in total. The predicted octanol–water partition coefficient (Wildman–Crippen LogP) is 2.84. The molecule has 1 aliphatic heterocycles. The number of carbonyl (C=O) groups excluding carboxylic acids is 1. The Morgan fingerprint density at radius 3 is 2.84 bits per heavy atom. The smallest absolute Gasteiger partial charge is 0.282 e. The zero-order valence-corrected chi connectivity index (χ0v) is 12.2. The Morgan fingerprint density at radius 1 is 1.53 bits per heavy atom. The number of likely N-dealkylation sites (tertiary alicyclic amines) is 1. The molecule has 0 spiro atoms. The van der Waals surface area contributed by atoms with Crippen LogP contribution in [0.3, 0.4) is 0 Å². The Morgan fingerprint density at radius 2 is 2.21 bits per heavy atom. The van der Waals surface area contributed by atoms with E-state index in [4.69, 9.17) is 0 Å². The maximum absolute atomic E-state index is 12.5. The number of amides is 1. The molecule has 1 aromatic carbocycles. The van der Waals surface area contributed by atoms with Crippen molar-refractivity contribution in [2.45, 2.75) is 19.4 Å². The number of alkyl halides is 1. The fourth-order valence-corrected chi connectivity index (χ4v) is 3.45. The zero-order valence-electron chi connectivity index (χ0n) is 10.6. The minimum absolute atomic E-state index is 0.104. The summed E-state index contributed by atoms with van der Waals surface area (Å²) in [6.45, 7) is 2.75. The highest BCUT2D eigenvalue weighted by atomic mass is 79.9. The summed E-state index contributed by atoms with van der Waals surface area (Å²) >= 11 is 3.42. The van der Waals surface area contributed by atoms with Crippen molar-refractivity contribution in [3.8, 4) is 0 Å². The number of benzene rings is 1. The number of carbonyl (C=O) groups is 1. The first kappa shape index (κ1) is 14.0. The molecule has 102 valence electrons. The van der Waals surface area contributed by atoms with E-state index in [9.17, 15) is 14.9 Å². The Hall–Kier alpha value is -1.43. The lowest BCUT2D eigenvalue weighted by molar-refractivity contribution is -0.385. The van der Waals surface area contributed by atoms with E-state index in [0.717, 1.165) is 6.42 Å². The van der Waals surface area contributed by atoms with Crippen LogP contribution in [0.1, 0.15) is 23.7 Å². The molecule has 1 amide bonds. The molecular formula is C13H15BrN2O3. The van der Waals surface area contributed by atoms with Crippen molar-refractivity contribution >= 4 is 27.5 Å². The van der Waals surface area contributed by atoms with Crippen LogP contribution in [0.25, 0.3) is 0 Å². The molecule has 1 aliphatic rings. The Labute approximate surface area is 119 Å². The van der Waals surface area contributed by atoms with Gasteiger partial charge in [0.05, 0.1) is 4.92 Å². The number of rotatable bonds is 3. The van der Waals surface area contributed by atoms with Crippen molar-refractivity contribution in [2.24, 2.45) is 5.92 Å². The molecule has 0 bridgehead atoms. The molecule has 1 heterocycles. The van der Waals surface area contributed by atoms with Gasteiger partial charge in [-0.15, -0.1) is 0 Å². The van der Waals surface area contributed by atoms with Gasteiger partial charge in [-0.3, -0.25) is 14.9 Å². The van der Waals surface area contributed by atoms with Crippen molar-refractivity contribution in [3.05, 3.63) is 39.9 Å². The van der Waals surface area contributed by atoms with Gasteiger partial charge in [0, 0.05) is 24.0 Å². The SMILES string of the molecule is CC1CCN(C(=O)c2ccccc2[N+](=O)[O-])C1CBr. The lowest BCUT2D eigenvalue weighted by atomic mass is 10.0. The summed E-state index contributed by atoms with van der Waals surface area (Å²) < 4.78 is 0. The number of nitrogens with zero attached hydrogens (tertiary/aromatic N) is 2. The molecule has 5 nitrogen and oxygen atoms in total. The maximum Gasteiger partial charge on any atom is 0.282 e. The van der Waals surface area contributed by atoms with E-state index in [2.05, 4.69) is 22.9 Å². The first-order chi connectivity index (χ1) is 9.06. The number of para-hydroxylation sites is 1. The fourth-order valence-electron chi connectivity index (χ4n) is 2.46. The second kappa shape index (κ2) is 5.69. The van der Waals surface area contributed by atoms with E-state index in [-0.39, 0.29) is 23.2 Å². The largest absolute Gasteiger partial charge is 0.334 e. The van der Waals surface area contributed by atoms with Gasteiger partial charge in [-0.25, -0.2) is 0 Å². The van der Waals surface area contributed by atoms with Crippen LogP contribution in [-0.2, 0) is 0 Å². The van der Waals surface area contributed by atoms with Gasteiger partial charge in [0.1, 0.15) is 5.56 Å². The summed E-state index contributed by atoms with van der Waals surface area (Å²) in [4.78, 5) is 24.7. The van der Waals surface area contributed by atoms with E-state index in [0.29, 0.717) is 17.8 Å². The minimum atomic E-state index is -0.504. The molecule has 2 unspecified atom stereocenters. The third-order valence-electron chi connectivity index (χ3n) is 3.63. The summed E-state index contributed by atoms with van der Waals surface area (Å²) in [6, 6.07) is 6.23. The van der Waals surface area contributed by atoms with E-state index in [1.165, 1.54) is 12.1 Å². The monoisotopic (exact) mass is 326 g/mol. The summed E-state index contributed by atoms with van der Waals surface area (Å²) in [5.74, 6) is 0.159. The average molecular weight is 327 g/mol. The predicted molar refractivity (Wildman–Crippen MR) is 75.5 cm³/mol. The number of nitro groups is 1. The first-order valence-corrected chi connectivity index (χ1v) is 7.28. The molecule has 1 fully saturated rings. The van der Waals surface area contributed by atoms with Gasteiger partial charge < -0.3 is 4.90 Å². The van der Waals surface area contributed by atoms with E-state index >= 15 is 0 Å². The number of nitro benzene ring substituents is 1. The topological polar surface area (TPSA) is 63.5 Å². The lowest BCUT2D eigenvalue weighted by Gasteiger charge is -2.25. The van der Waals surface area contributed by atoms with Crippen molar-refractivity contribution < 1.29 is 9.72 Å². The number of hydrogen-bond acceptors (Lipinski definition) is 3. The van der Waals surface area contributed by atoms with Gasteiger partial charge in [-0.05, 0) is 18.4 Å². The molecule has 2 atom stereocenters. The molecule has 6 heteroatoms. The van der Waals surface area contributed by atoms with Gasteiger partial charge in [0.2, 0.25) is 0 Å². The highest BCUT2D eigenvalue weighted by molar-refractivity contribution is 9.09. The minimum Gasteiger partial charge on any atom is -0.334 e. The van der Waals surface area contributed by atoms with Crippen LogP contribution >= 0.6 is 15.9 Å². The molecule has 1 aromatic rings. The van der Waals surface area contributed by atoms with Crippen LogP contribution in [0.5, 0.6) is 0 Å². The zero-order chi connectivity index (χ0) is 14.0. The molecule has 0 aliphatic carbocycles. The van der Waals surface area contributed by atoms with Crippen LogP contribution in [-0.4, -0.2) is 33.6 Å². The van der Waals surface area contributed by atoms with Crippen LogP contribution in [0.15, 0.2) is 24.3 Å². The highest BCUT2D eigenvalue weighted by Gasteiger charge is 2.36. The quantitative estimate of drug-likeness (QED) is 0.487. The molecule has 1 saturated heterocycles. The Bertz CT molecular complexity index is 506. The number of halogens is 1. The molecule has 0 saturated carbocycles. The first-order valence-electron chi connectivity index (χ1n) is 6.16. The molecule has 2 rings (SSSR count). The van der Waals surface area contributed by atoms with Crippen molar-refractivity contribution in [2.75, 3.05) is 11.9 Å². The van der Waals surface area contributed by atoms with Gasteiger partial charge in [0.15, 0.2) is 0 Å². The van der Waals surface area contributed by atoms with Crippen molar-refractivity contribution in [3.63, 3.8) is 0 Å². The summed E-state index contributed by atoms with van der Waals surface area (Å²) in [5.41, 5.74) is 0.0490. The summed E-state index contributed by atoms with van der Waals surface area (Å²) in [6.07, 6.45) is 0.933. The van der Waals surface area contributed by atoms with Crippen LogP contribution < -0.4 is 0 Å². The van der Waals surface area contributed by atoms with Gasteiger partial charge in [-0.1, -0.05) is 35.0 Å². The summed E-state index contributed by atoms with van der Waals surface area (Å²) in [5, 5.41) is 11.7. The van der Waals surface area contributed by atoms with E-state index in [1.807, 2.05) is 0 Å². The van der Waals surface area contributed by atoms with Crippen molar-refractivity contribution in [1.29, 1.82) is 0 Å². The second-order valence-electron chi connectivity index (χ2n) is 4.76. The van der Waals surface area contributed by atoms with Crippen molar-refractivity contribution in [1.82, 2.24) is 4.90 Å². The van der Waals surface area contributed by atoms with Gasteiger partial charge in [0.25, 0.3) is 11.6 Å². The van der Waals surface area contributed by atoms with Crippen LogP contribution in [0.2, 0.25) is 0 Å². The third-order valence-corrected chi connectivity index (χ3v) is 4.30. The molecule has 0 radical (unpaired) electrons. The fraction of sp³-hybridized carbons (Fsp3) is 0.462. The average Bonchev–Trinajstić information content (AvgIpc) is 2.78. The highest BCUT2D eigenvalue weighted by Crippen LogP contribution is 2.29. The number of hydrogen-bond donors (Lipinski definition) is 0. The molecule has 19 heavy (non-hydrogen) atoms. The molecular weight excluding hydrogens is 312 g/mol. The van der Waals surface area contributed by atoms with Gasteiger partial charge in [-0.2, -0.15) is 0 Å². The van der Waals surface area contributed by atoms with E-state index in [1.54, 1.807) is 17.0 Å². The maximum atomic E-state index is 12.5. The van der Waals surface area contributed by atoms with E-state index < -0.39 is 4.92 Å². The standard InChI is InChI=1S/C13H15BrN2O3/c1-9-6-7-15(12(9)8-14)13(17)10-4-2-3-5-11(10)16(18)19/h2-5,9,12H,6-8H2,1H3. The van der Waals surface area contributed by atoms with Crippen LogP contribution in [0, 0.1) is 16.0 Å². The Balaban J connectivity index is 2.32. The van der Waals surface area contributed by atoms with Gasteiger partial charge >= 0.3 is 0 Å². The third kappa shape index (κ3) is 2.63. The normalized spacial score (nSPS) is 22.5. The lowest BCUT2D eigenvalue weighted by Crippen LogP contribution is -2.38. The Kier molecular flexibility index (Phi) is 4.19. The van der Waals surface area contributed by atoms with Crippen LogP contribution in [0.4, 0.5) is 5.69 Å². The second-order valence-corrected chi connectivity index (χ2v) is 5.41. The summed E-state index contributed by atoms with van der Waals surface area (Å²) in [7, 11) is 0. The molecule has 0 aromatic heterocycles.